The molecule has 2 aromatic carbocycles. The highest BCUT2D eigenvalue weighted by Gasteiger charge is 2.19. The van der Waals surface area contributed by atoms with Gasteiger partial charge in [-0.05, 0) is 12.1 Å². The summed E-state index contributed by atoms with van der Waals surface area (Å²) in [6.07, 6.45) is 0. The third-order valence-electron chi connectivity index (χ3n) is 3.21. The van der Waals surface area contributed by atoms with E-state index in [-0.39, 0.29) is 11.3 Å². The van der Waals surface area contributed by atoms with Crippen molar-refractivity contribution in [1.82, 2.24) is 0 Å². The average molecular weight is 390 g/mol. The Kier molecular flexibility index (Phi) is 12.3. The number of hydrogen-bond donors (Lipinski definition) is 2. The lowest BCUT2D eigenvalue weighted by Gasteiger charge is -2.15. The number of anilines is 2. The number of urea groups is 1. The Bertz CT molecular complexity index is 733. The van der Waals surface area contributed by atoms with E-state index in [2.05, 4.69) is 10.6 Å². The van der Waals surface area contributed by atoms with Gasteiger partial charge in [0, 0.05) is 17.8 Å². The lowest BCUT2D eigenvalue weighted by atomic mass is 10.1. The molecule has 0 heterocycles. The summed E-state index contributed by atoms with van der Waals surface area (Å²) in [6.45, 7) is 8.00. The van der Waals surface area contributed by atoms with E-state index < -0.39 is 12.0 Å². The number of para-hydroxylation sites is 1. The number of carbonyl (C=O) groups excluding carboxylic acids is 2. The Hall–Kier alpha value is -3.22. The second-order valence-corrected chi connectivity index (χ2v) is 4.69. The quantitative estimate of drug-likeness (QED) is 0.687. The minimum atomic E-state index is -0.606. The fourth-order valence-corrected chi connectivity index (χ4v) is 2.07. The second-order valence-electron chi connectivity index (χ2n) is 4.69. The predicted molar refractivity (Wildman–Crippen MR) is 113 cm³/mol. The topological polar surface area (TPSA) is 85.9 Å². The number of hydrogen-bond acceptors (Lipinski definition) is 5. The molecule has 2 rings (SSSR count). The van der Waals surface area contributed by atoms with Crippen LogP contribution in [0.25, 0.3) is 0 Å². The first kappa shape index (κ1) is 24.8. The molecule has 0 saturated carbocycles. The summed E-state index contributed by atoms with van der Waals surface area (Å²) in [5.74, 6) is 0.123. The maximum atomic E-state index is 12.2. The van der Waals surface area contributed by atoms with Gasteiger partial charge in [-0.15, -0.1) is 0 Å². The summed E-state index contributed by atoms with van der Waals surface area (Å²) >= 11 is 0. The predicted octanol–water partition coefficient (Wildman–Crippen LogP) is 5.19. The van der Waals surface area contributed by atoms with Gasteiger partial charge in [0.05, 0.1) is 32.6 Å². The largest absolute Gasteiger partial charge is 0.493 e. The van der Waals surface area contributed by atoms with Gasteiger partial charge in [0.2, 0.25) is 0 Å². The molecule has 0 aliphatic heterocycles. The van der Waals surface area contributed by atoms with E-state index in [0.29, 0.717) is 17.2 Å². The normalized spacial score (nSPS) is 8.82. The van der Waals surface area contributed by atoms with Gasteiger partial charge in [-0.1, -0.05) is 45.9 Å². The molecule has 28 heavy (non-hydrogen) atoms. The number of esters is 1. The van der Waals surface area contributed by atoms with Gasteiger partial charge in [-0.3, -0.25) is 0 Å². The van der Waals surface area contributed by atoms with Crippen molar-refractivity contribution in [3.63, 3.8) is 0 Å². The third-order valence-corrected chi connectivity index (χ3v) is 3.21. The minimum Gasteiger partial charge on any atom is -0.493 e. The molecule has 0 atom stereocenters. The van der Waals surface area contributed by atoms with Crippen molar-refractivity contribution in [3.05, 3.63) is 48.0 Å². The highest BCUT2D eigenvalue weighted by atomic mass is 16.5. The average Bonchev–Trinajstić information content (AvgIpc) is 2.76. The van der Waals surface area contributed by atoms with Crippen LogP contribution in [0.1, 0.15) is 38.1 Å². The zero-order valence-corrected chi connectivity index (χ0v) is 17.6. The van der Waals surface area contributed by atoms with Crippen LogP contribution in [0.2, 0.25) is 0 Å². The van der Waals surface area contributed by atoms with Crippen molar-refractivity contribution in [1.29, 1.82) is 0 Å². The van der Waals surface area contributed by atoms with Crippen LogP contribution in [-0.2, 0) is 4.74 Å². The van der Waals surface area contributed by atoms with Crippen LogP contribution >= 0.6 is 0 Å². The Balaban J connectivity index is 0.00000171. The molecule has 2 aromatic rings. The van der Waals surface area contributed by atoms with Crippen LogP contribution in [-0.4, -0.2) is 33.3 Å². The summed E-state index contributed by atoms with van der Waals surface area (Å²) in [6, 6.07) is 11.4. The van der Waals surface area contributed by atoms with Crippen LogP contribution in [0, 0.1) is 0 Å². The van der Waals surface area contributed by atoms with E-state index in [0.717, 1.165) is 0 Å². The molecule has 2 amide bonds. The van der Waals surface area contributed by atoms with E-state index in [1.54, 1.807) is 24.3 Å². The number of benzene rings is 2. The number of carbonyl (C=O) groups is 2. The monoisotopic (exact) mass is 390 g/mol. The van der Waals surface area contributed by atoms with E-state index in [1.165, 1.54) is 33.5 Å². The van der Waals surface area contributed by atoms with Crippen LogP contribution in [0.3, 0.4) is 0 Å². The number of amides is 2. The molecule has 0 unspecified atom stereocenters. The van der Waals surface area contributed by atoms with E-state index in [4.69, 9.17) is 14.2 Å². The van der Waals surface area contributed by atoms with Crippen LogP contribution < -0.4 is 20.1 Å². The molecule has 2 N–H and O–H groups in total. The fraction of sp³-hybridized carbons (Fsp3) is 0.333. The van der Waals surface area contributed by atoms with Crippen molar-refractivity contribution in [2.45, 2.75) is 27.7 Å². The Morgan fingerprint density at radius 1 is 0.786 bits per heavy atom. The van der Waals surface area contributed by atoms with Gasteiger partial charge in [0.1, 0.15) is 0 Å². The number of rotatable bonds is 5. The molecule has 7 heteroatoms. The maximum Gasteiger partial charge on any atom is 0.340 e. The van der Waals surface area contributed by atoms with Gasteiger partial charge < -0.3 is 24.8 Å². The molecule has 0 spiro atoms. The van der Waals surface area contributed by atoms with E-state index in [9.17, 15) is 9.59 Å². The molecule has 7 nitrogen and oxygen atoms in total. The lowest BCUT2D eigenvalue weighted by molar-refractivity contribution is 0.0601. The van der Waals surface area contributed by atoms with E-state index >= 15 is 0 Å². The van der Waals surface area contributed by atoms with Crippen molar-refractivity contribution >= 4 is 23.4 Å². The number of nitrogens with one attached hydrogen (secondary N) is 2. The summed E-state index contributed by atoms with van der Waals surface area (Å²) in [5.41, 5.74) is 1.02. The summed E-state index contributed by atoms with van der Waals surface area (Å²) in [5, 5.41) is 5.28. The van der Waals surface area contributed by atoms with Crippen molar-refractivity contribution < 1.29 is 23.8 Å². The van der Waals surface area contributed by atoms with Gasteiger partial charge in [-0.2, -0.15) is 0 Å². The van der Waals surface area contributed by atoms with Crippen LogP contribution in [0.5, 0.6) is 11.5 Å². The molecule has 0 aliphatic carbocycles. The Morgan fingerprint density at radius 3 is 1.82 bits per heavy atom. The summed E-state index contributed by atoms with van der Waals surface area (Å²) in [4.78, 5) is 24.1. The van der Waals surface area contributed by atoms with Crippen molar-refractivity contribution in [2.24, 2.45) is 0 Å². The van der Waals surface area contributed by atoms with Gasteiger partial charge >= 0.3 is 12.0 Å². The van der Waals surface area contributed by atoms with Gasteiger partial charge in [-0.25, -0.2) is 9.59 Å². The smallest absolute Gasteiger partial charge is 0.340 e. The molecule has 0 bridgehead atoms. The number of methoxy groups -OCH3 is 3. The minimum absolute atomic E-state index is 0.151. The van der Waals surface area contributed by atoms with Gasteiger partial charge in [0.25, 0.3) is 0 Å². The Labute approximate surface area is 167 Å². The maximum absolute atomic E-state index is 12.2. The molecule has 154 valence electrons. The first-order chi connectivity index (χ1) is 13.6. The summed E-state index contributed by atoms with van der Waals surface area (Å²) < 4.78 is 15.1. The fourth-order valence-electron chi connectivity index (χ4n) is 2.07. The standard InChI is InChI=1S/C17H18N2O5.2C2H6/c1-22-14-9-12(16(20)24-3)13(10-15(14)23-2)19-17(21)18-11-7-5-4-6-8-11;2*1-2/h4-10H,1-3H3,(H2,18,19,21);2*1-2H3. The first-order valence-corrected chi connectivity index (χ1v) is 9.06. The molecule has 0 aliphatic rings. The van der Waals surface area contributed by atoms with Gasteiger partial charge in [0.15, 0.2) is 11.5 Å². The SMILES string of the molecule is CC.CC.COC(=O)c1cc(OC)c(OC)cc1NC(=O)Nc1ccccc1. The zero-order valence-electron chi connectivity index (χ0n) is 17.6. The zero-order chi connectivity index (χ0) is 21.5. The lowest BCUT2D eigenvalue weighted by Crippen LogP contribution is -2.21. The first-order valence-electron chi connectivity index (χ1n) is 9.06. The van der Waals surface area contributed by atoms with Crippen LogP contribution in [0.15, 0.2) is 42.5 Å². The van der Waals surface area contributed by atoms with Crippen molar-refractivity contribution in [2.75, 3.05) is 32.0 Å². The highest BCUT2D eigenvalue weighted by Crippen LogP contribution is 2.33. The third kappa shape index (κ3) is 7.19. The second kappa shape index (κ2) is 13.9. The molecular formula is C21H30N2O5. The highest BCUT2D eigenvalue weighted by molar-refractivity contribution is 6.05. The van der Waals surface area contributed by atoms with E-state index in [1.807, 2.05) is 33.8 Å². The molecule has 0 fully saturated rings. The summed E-state index contributed by atoms with van der Waals surface area (Å²) in [7, 11) is 4.17. The molecular weight excluding hydrogens is 360 g/mol. The molecule has 0 saturated heterocycles. The van der Waals surface area contributed by atoms with Crippen molar-refractivity contribution in [3.8, 4) is 11.5 Å². The molecule has 0 aromatic heterocycles. The van der Waals surface area contributed by atoms with Crippen LogP contribution in [0.4, 0.5) is 16.2 Å². The number of ether oxygens (including phenoxy) is 3. The molecule has 0 radical (unpaired) electrons. The Morgan fingerprint density at radius 2 is 1.32 bits per heavy atom.